The number of benzene rings is 1. The summed E-state index contributed by atoms with van der Waals surface area (Å²) in [5.41, 5.74) is -1.76. The Morgan fingerprint density at radius 2 is 1.83 bits per heavy atom. The maximum Gasteiger partial charge on any atom is 0.408 e. The first-order valence-corrected chi connectivity index (χ1v) is 18.8. The highest BCUT2D eigenvalue weighted by atomic mass is 32.2. The summed E-state index contributed by atoms with van der Waals surface area (Å²) >= 11 is 0. The summed E-state index contributed by atoms with van der Waals surface area (Å²) in [7, 11) is -2.36. The number of rotatable bonds is 11. The number of sulfonamides is 1. The molecular formula is C34H44N8O9S. The number of methoxy groups -OCH3 is 1. The molecular weight excluding hydrogens is 696 g/mol. The van der Waals surface area contributed by atoms with E-state index in [1.807, 2.05) is 6.08 Å². The minimum absolute atomic E-state index is 0.0403. The van der Waals surface area contributed by atoms with Crippen LogP contribution in [-0.2, 0) is 29.1 Å². The van der Waals surface area contributed by atoms with Crippen LogP contribution in [0.1, 0.15) is 65.7 Å². The molecule has 1 aromatic heterocycles. The third-order valence-electron chi connectivity index (χ3n) is 9.51. The number of nitrogens with zero attached hydrogens (tertiary/aromatic N) is 5. The number of carbonyl (C=O) groups is 4. The van der Waals surface area contributed by atoms with Crippen LogP contribution in [-0.4, -0.2) is 105 Å². The molecule has 280 valence electrons. The van der Waals surface area contributed by atoms with Crippen LogP contribution in [0, 0.1) is 5.92 Å². The number of fused-ring (bicyclic) bond motifs is 1. The van der Waals surface area contributed by atoms with Crippen LogP contribution in [0.2, 0.25) is 0 Å². The lowest BCUT2D eigenvalue weighted by molar-refractivity contribution is -0.143. The van der Waals surface area contributed by atoms with E-state index < -0.39 is 80.4 Å². The molecule has 0 bridgehead atoms. The Labute approximate surface area is 301 Å². The second-order valence-corrected chi connectivity index (χ2v) is 16.4. The van der Waals surface area contributed by atoms with E-state index in [2.05, 4.69) is 37.3 Å². The molecule has 0 spiro atoms. The Hall–Kier alpha value is -5.00. The SMILES string of the molecule is C=C[C@@H]1CC1(NC(=O)[C@@H]1C[C@@H](On2nnc(-c3ccc(OC)cc3)n2)C2CC/C=C\CC(NC(=O)OC(C)(C)C)C(=O)N21)C(=O)NS(=O)(=O)C1CC1. The number of amides is 4. The molecule has 3 heterocycles. The molecule has 3 fully saturated rings. The molecule has 0 radical (unpaired) electrons. The highest BCUT2D eigenvalue weighted by molar-refractivity contribution is 7.91. The summed E-state index contributed by atoms with van der Waals surface area (Å²) in [6.45, 7) is 8.86. The minimum atomic E-state index is -3.91. The number of alkyl carbamates (subject to hydrolysis) is 1. The molecule has 1 aromatic carbocycles. The fraction of sp³-hybridized carbons (Fsp3) is 0.559. The topological polar surface area (TPSA) is 213 Å². The van der Waals surface area contributed by atoms with Crippen molar-refractivity contribution < 1.29 is 41.9 Å². The van der Waals surface area contributed by atoms with Gasteiger partial charge in [0.1, 0.15) is 29.0 Å². The van der Waals surface area contributed by atoms with E-state index in [4.69, 9.17) is 14.3 Å². The van der Waals surface area contributed by atoms with Crippen molar-refractivity contribution in [2.24, 2.45) is 5.92 Å². The number of nitrogens with one attached hydrogen (secondary N) is 3. The van der Waals surface area contributed by atoms with Gasteiger partial charge < -0.3 is 29.8 Å². The van der Waals surface area contributed by atoms with Crippen molar-refractivity contribution in [1.82, 2.24) is 40.6 Å². The first-order valence-electron chi connectivity index (χ1n) is 17.2. The molecule has 4 amide bonds. The third kappa shape index (κ3) is 7.90. The summed E-state index contributed by atoms with van der Waals surface area (Å²) in [5, 5.41) is 17.3. The van der Waals surface area contributed by atoms with Crippen molar-refractivity contribution in [3.63, 3.8) is 0 Å². The van der Waals surface area contributed by atoms with E-state index in [1.54, 1.807) is 58.2 Å². The maximum absolute atomic E-state index is 14.4. The first kappa shape index (κ1) is 36.8. The number of carbonyl (C=O) groups excluding carboxylic acids is 4. The Bertz CT molecular complexity index is 1850. The van der Waals surface area contributed by atoms with Crippen LogP contribution in [0.3, 0.4) is 0 Å². The van der Waals surface area contributed by atoms with Crippen molar-refractivity contribution in [1.29, 1.82) is 0 Å². The van der Waals surface area contributed by atoms with Gasteiger partial charge in [0.05, 0.1) is 18.4 Å². The Balaban J connectivity index is 1.28. The van der Waals surface area contributed by atoms with Crippen molar-refractivity contribution >= 4 is 33.8 Å². The van der Waals surface area contributed by atoms with Gasteiger partial charge in [0, 0.05) is 22.9 Å². The van der Waals surface area contributed by atoms with Crippen LogP contribution in [0.5, 0.6) is 5.75 Å². The number of aromatic nitrogens is 4. The second-order valence-electron chi connectivity index (χ2n) is 14.5. The fourth-order valence-corrected chi connectivity index (χ4v) is 7.96. The van der Waals surface area contributed by atoms with Crippen LogP contribution >= 0.6 is 0 Å². The molecule has 6 atom stereocenters. The van der Waals surface area contributed by atoms with Gasteiger partial charge in [-0.1, -0.05) is 23.3 Å². The van der Waals surface area contributed by atoms with E-state index >= 15 is 0 Å². The van der Waals surface area contributed by atoms with Crippen molar-refractivity contribution in [2.45, 2.75) is 106 Å². The number of hydrogen-bond donors (Lipinski definition) is 3. The van der Waals surface area contributed by atoms with Gasteiger partial charge in [0.2, 0.25) is 27.7 Å². The first-order chi connectivity index (χ1) is 24.6. The van der Waals surface area contributed by atoms with Crippen molar-refractivity contribution in [2.75, 3.05) is 7.11 Å². The molecule has 2 saturated carbocycles. The minimum Gasteiger partial charge on any atom is -0.497 e. The lowest BCUT2D eigenvalue weighted by Gasteiger charge is -2.34. The average Bonchev–Trinajstić information content (AvgIpc) is 3.98. The smallest absolute Gasteiger partial charge is 0.408 e. The van der Waals surface area contributed by atoms with E-state index in [0.29, 0.717) is 37.0 Å². The zero-order valence-corrected chi connectivity index (χ0v) is 30.3. The molecule has 2 aliphatic carbocycles. The van der Waals surface area contributed by atoms with Gasteiger partial charge in [0.15, 0.2) is 6.10 Å². The van der Waals surface area contributed by atoms with Crippen LogP contribution < -0.4 is 24.9 Å². The maximum atomic E-state index is 14.4. The predicted molar refractivity (Wildman–Crippen MR) is 185 cm³/mol. The summed E-state index contributed by atoms with van der Waals surface area (Å²) in [4.78, 5) is 63.6. The normalized spacial score (nSPS) is 27.9. The Morgan fingerprint density at radius 3 is 2.46 bits per heavy atom. The molecule has 3 unspecified atom stereocenters. The van der Waals surface area contributed by atoms with E-state index in [9.17, 15) is 27.6 Å². The predicted octanol–water partition coefficient (Wildman–Crippen LogP) is 1.42. The van der Waals surface area contributed by atoms with Gasteiger partial charge in [-0.2, -0.15) is 0 Å². The van der Waals surface area contributed by atoms with Gasteiger partial charge >= 0.3 is 6.09 Å². The lowest BCUT2D eigenvalue weighted by atomic mass is 10.1. The quantitative estimate of drug-likeness (QED) is 0.279. The largest absolute Gasteiger partial charge is 0.497 e. The molecule has 52 heavy (non-hydrogen) atoms. The highest BCUT2D eigenvalue weighted by Crippen LogP contribution is 2.46. The van der Waals surface area contributed by atoms with Crippen LogP contribution in [0.4, 0.5) is 4.79 Å². The summed E-state index contributed by atoms with van der Waals surface area (Å²) in [5.74, 6) is -1.74. The molecule has 2 aromatic rings. The highest BCUT2D eigenvalue weighted by Gasteiger charge is 2.62. The van der Waals surface area contributed by atoms with Gasteiger partial charge in [-0.25, -0.2) is 13.2 Å². The average molecular weight is 741 g/mol. The molecule has 4 aliphatic rings. The van der Waals surface area contributed by atoms with Crippen molar-refractivity contribution in [3.05, 3.63) is 49.1 Å². The van der Waals surface area contributed by atoms with E-state index in [0.717, 1.165) is 4.96 Å². The van der Waals surface area contributed by atoms with Crippen molar-refractivity contribution in [3.8, 4) is 17.1 Å². The molecule has 17 nitrogen and oxygen atoms in total. The van der Waals surface area contributed by atoms with Gasteiger partial charge in [-0.3, -0.25) is 19.1 Å². The number of hydrogen-bond acceptors (Lipinski definition) is 12. The van der Waals surface area contributed by atoms with Crippen LogP contribution in [0.15, 0.2) is 49.1 Å². The summed E-state index contributed by atoms with van der Waals surface area (Å²) < 4.78 is 38.2. The molecule has 6 rings (SSSR count). The second kappa shape index (κ2) is 14.2. The molecule has 18 heteroatoms. The zero-order valence-electron chi connectivity index (χ0n) is 29.5. The number of ether oxygens (including phenoxy) is 2. The number of allylic oxidation sites excluding steroid dienone is 1. The van der Waals surface area contributed by atoms with Gasteiger partial charge in [-0.15, -0.1) is 11.7 Å². The molecule has 1 saturated heterocycles. The van der Waals surface area contributed by atoms with E-state index in [1.165, 1.54) is 11.0 Å². The van der Waals surface area contributed by atoms with E-state index in [-0.39, 0.29) is 25.1 Å². The fourth-order valence-electron chi connectivity index (χ4n) is 6.60. The van der Waals surface area contributed by atoms with Crippen LogP contribution in [0.25, 0.3) is 11.4 Å². The molecule has 3 N–H and O–H groups in total. The van der Waals surface area contributed by atoms with Gasteiger partial charge in [0.25, 0.3) is 5.91 Å². The molecule has 2 aliphatic heterocycles. The zero-order chi connectivity index (χ0) is 37.4. The Kier molecular flexibility index (Phi) is 10.0. The lowest BCUT2D eigenvalue weighted by Crippen LogP contribution is -2.59. The van der Waals surface area contributed by atoms with Gasteiger partial charge in [-0.05, 0) is 88.8 Å². The summed E-state index contributed by atoms with van der Waals surface area (Å²) in [6.07, 6.45) is 5.51. The standard InChI is InChI=1S/C34H44N8O9S/c1-6-21-19-34(21,31(45)39-52(47,48)23-16-17-23)36-29(43)26-18-27(51-42-38-28(37-40-42)20-12-14-22(49-5)15-13-20)25-11-9-7-8-10-24(30(44)41(25)26)35-32(46)50-33(2,3)4/h6-8,12-15,21,23-27H,1,9-11,16-19H2,2-5H3,(H,35,46)(H,36,43)(H,39,45)/b8-7-/t21-,24?,25?,26+,27-,34?/m1/s1. The third-order valence-corrected chi connectivity index (χ3v) is 11.3. The summed E-state index contributed by atoms with van der Waals surface area (Å²) in [6, 6.07) is 4.01. The number of tetrazole rings is 1. The monoisotopic (exact) mass is 740 g/mol. The Morgan fingerprint density at radius 1 is 1.10 bits per heavy atom.